The van der Waals surface area contributed by atoms with E-state index in [4.69, 9.17) is 19.7 Å². The van der Waals surface area contributed by atoms with Crippen LogP contribution in [0, 0.1) is 0 Å². The molecule has 1 fully saturated rings. The van der Waals surface area contributed by atoms with Crippen molar-refractivity contribution < 1.29 is 23.8 Å². The summed E-state index contributed by atoms with van der Waals surface area (Å²) in [6.07, 6.45) is -1.20. The van der Waals surface area contributed by atoms with E-state index in [2.05, 4.69) is 10.0 Å². The summed E-state index contributed by atoms with van der Waals surface area (Å²) in [6, 6.07) is 1.08. The van der Waals surface area contributed by atoms with E-state index in [1.807, 2.05) is 4.98 Å². The molecule has 12 nitrogen and oxygen atoms in total. The summed E-state index contributed by atoms with van der Waals surface area (Å²) in [5.74, 6) is -1.29. The van der Waals surface area contributed by atoms with Gasteiger partial charge in [0.1, 0.15) is 12.7 Å². The van der Waals surface area contributed by atoms with Gasteiger partial charge in [-0.3, -0.25) is 23.9 Å². The molecule has 134 valence electrons. The highest BCUT2D eigenvalue weighted by Gasteiger charge is 2.50. The molecule has 0 amide bonds. The van der Waals surface area contributed by atoms with Crippen molar-refractivity contribution in [3.8, 4) is 0 Å². The van der Waals surface area contributed by atoms with Crippen LogP contribution in [-0.2, 0) is 23.8 Å². The van der Waals surface area contributed by atoms with Crippen molar-refractivity contribution in [1.82, 2.24) is 9.55 Å². The number of rotatable bonds is 5. The maximum atomic E-state index is 12.0. The van der Waals surface area contributed by atoms with Crippen molar-refractivity contribution in [3.63, 3.8) is 0 Å². The number of hydrogen-bond acceptors (Lipinski definition) is 8. The van der Waals surface area contributed by atoms with Gasteiger partial charge in [-0.05, 0) is 5.53 Å². The predicted molar refractivity (Wildman–Crippen MR) is 80.1 cm³/mol. The molecule has 25 heavy (non-hydrogen) atoms. The van der Waals surface area contributed by atoms with Crippen LogP contribution in [0.3, 0.4) is 0 Å². The van der Waals surface area contributed by atoms with Crippen LogP contribution in [0.2, 0.25) is 0 Å². The molecule has 0 unspecified atom stereocenters. The van der Waals surface area contributed by atoms with E-state index in [9.17, 15) is 19.2 Å². The Morgan fingerprint density at radius 1 is 1.48 bits per heavy atom. The van der Waals surface area contributed by atoms with Gasteiger partial charge in [0.2, 0.25) is 0 Å². The fraction of sp³-hybridized carbons (Fsp3) is 0.538. The highest BCUT2D eigenvalue weighted by atomic mass is 16.6. The van der Waals surface area contributed by atoms with Gasteiger partial charge in [-0.2, -0.15) is 0 Å². The Hall–Kier alpha value is -3.11. The normalized spacial score (nSPS) is 25.0. The Morgan fingerprint density at radius 2 is 2.20 bits per heavy atom. The Balaban J connectivity index is 2.43. The Bertz CT molecular complexity index is 840. The van der Waals surface area contributed by atoms with E-state index in [0.717, 1.165) is 30.7 Å². The van der Waals surface area contributed by atoms with Crippen LogP contribution in [0.5, 0.6) is 0 Å². The van der Waals surface area contributed by atoms with E-state index in [-0.39, 0.29) is 6.42 Å². The van der Waals surface area contributed by atoms with E-state index in [1.54, 1.807) is 0 Å². The maximum Gasteiger partial charge on any atom is 0.330 e. The van der Waals surface area contributed by atoms with E-state index < -0.39 is 47.9 Å². The Labute approximate surface area is 139 Å². The van der Waals surface area contributed by atoms with Crippen molar-refractivity contribution in [2.45, 2.75) is 38.3 Å². The molecule has 2 heterocycles. The van der Waals surface area contributed by atoms with Gasteiger partial charge in [0.15, 0.2) is 12.0 Å². The first kappa shape index (κ1) is 18.2. The first-order chi connectivity index (χ1) is 11.8. The summed E-state index contributed by atoms with van der Waals surface area (Å²) in [4.78, 5) is 50.3. The lowest BCUT2D eigenvalue weighted by Crippen LogP contribution is -2.37. The molecule has 1 aromatic rings. The third kappa shape index (κ3) is 4.25. The number of H-pyrrole nitrogens is 1. The number of hydrogen-bond donors (Lipinski definition) is 1. The SMILES string of the molecule is CC(=O)OC[C@]1(N=[N+]=[N-])C[C@@H](OC(C)=O)[C@H](n2ccc(=O)[nH]c2=O)O1. The summed E-state index contributed by atoms with van der Waals surface area (Å²) in [7, 11) is 0. The topological polar surface area (TPSA) is 165 Å². The number of carbonyl (C=O) groups excluding carboxylic acids is 2. The number of nitrogens with zero attached hydrogens (tertiary/aromatic N) is 4. The Morgan fingerprint density at radius 3 is 2.76 bits per heavy atom. The summed E-state index contributed by atoms with van der Waals surface area (Å²) >= 11 is 0. The Kier molecular flexibility index (Phi) is 5.25. The lowest BCUT2D eigenvalue weighted by molar-refractivity contribution is -0.160. The minimum atomic E-state index is -1.67. The van der Waals surface area contributed by atoms with Gasteiger partial charge in [0.25, 0.3) is 5.56 Å². The van der Waals surface area contributed by atoms with Crippen LogP contribution in [0.25, 0.3) is 10.4 Å². The van der Waals surface area contributed by atoms with Gasteiger partial charge in [-0.25, -0.2) is 4.79 Å². The lowest BCUT2D eigenvalue weighted by atomic mass is 10.1. The molecule has 3 atom stereocenters. The summed E-state index contributed by atoms with van der Waals surface area (Å²) in [5, 5.41) is 3.51. The average Bonchev–Trinajstić information content (AvgIpc) is 2.84. The molecule has 1 aromatic heterocycles. The molecule has 0 spiro atoms. The highest BCUT2D eigenvalue weighted by molar-refractivity contribution is 5.66. The number of ether oxygens (including phenoxy) is 3. The first-order valence-electron chi connectivity index (χ1n) is 7.12. The summed E-state index contributed by atoms with van der Waals surface area (Å²) in [6.45, 7) is 1.89. The zero-order chi connectivity index (χ0) is 18.6. The molecule has 0 bridgehead atoms. The molecule has 0 aliphatic carbocycles. The minimum absolute atomic E-state index is 0.153. The zero-order valence-corrected chi connectivity index (χ0v) is 13.4. The molecule has 12 heteroatoms. The molecular formula is C13H15N5O7. The van der Waals surface area contributed by atoms with Gasteiger partial charge in [0, 0.05) is 37.4 Å². The average molecular weight is 353 g/mol. The number of esters is 2. The van der Waals surface area contributed by atoms with Gasteiger partial charge in [-0.15, -0.1) is 0 Å². The minimum Gasteiger partial charge on any atom is -0.463 e. The number of azide groups is 1. The second-order valence-corrected chi connectivity index (χ2v) is 5.29. The van der Waals surface area contributed by atoms with Gasteiger partial charge < -0.3 is 14.2 Å². The van der Waals surface area contributed by atoms with Gasteiger partial charge >= 0.3 is 17.6 Å². The number of aromatic nitrogens is 2. The zero-order valence-electron chi connectivity index (χ0n) is 13.4. The quantitative estimate of drug-likeness (QED) is 0.335. The van der Waals surface area contributed by atoms with Crippen molar-refractivity contribution in [1.29, 1.82) is 0 Å². The molecule has 0 aromatic carbocycles. The van der Waals surface area contributed by atoms with Crippen molar-refractivity contribution >= 4 is 11.9 Å². The first-order valence-corrected chi connectivity index (χ1v) is 7.12. The molecule has 1 aliphatic rings. The smallest absolute Gasteiger partial charge is 0.330 e. The molecule has 1 saturated heterocycles. The predicted octanol–water partition coefficient (Wildman–Crippen LogP) is -0.0431. The highest BCUT2D eigenvalue weighted by Crippen LogP contribution is 2.39. The van der Waals surface area contributed by atoms with Gasteiger partial charge in [-0.1, -0.05) is 5.11 Å². The van der Waals surface area contributed by atoms with Crippen LogP contribution >= 0.6 is 0 Å². The molecule has 0 radical (unpaired) electrons. The van der Waals surface area contributed by atoms with Gasteiger partial charge in [0.05, 0.1) is 0 Å². The molecule has 1 N–H and O–H groups in total. The molecule has 1 aliphatic heterocycles. The second-order valence-electron chi connectivity index (χ2n) is 5.29. The number of carbonyl (C=O) groups is 2. The van der Waals surface area contributed by atoms with Crippen LogP contribution in [0.1, 0.15) is 26.5 Å². The summed E-state index contributed by atoms with van der Waals surface area (Å²) < 4.78 is 16.6. The molecular weight excluding hydrogens is 338 g/mol. The molecule has 0 saturated carbocycles. The third-order valence-corrected chi connectivity index (χ3v) is 3.35. The van der Waals surface area contributed by atoms with Crippen LogP contribution in [-0.4, -0.2) is 39.9 Å². The van der Waals surface area contributed by atoms with Crippen LogP contribution in [0.15, 0.2) is 27.0 Å². The number of nitrogens with one attached hydrogen (secondary N) is 1. The third-order valence-electron chi connectivity index (χ3n) is 3.35. The van der Waals surface area contributed by atoms with Crippen LogP contribution in [0.4, 0.5) is 0 Å². The van der Waals surface area contributed by atoms with E-state index in [0.29, 0.717) is 0 Å². The fourth-order valence-electron chi connectivity index (χ4n) is 2.42. The van der Waals surface area contributed by atoms with Crippen molar-refractivity contribution in [3.05, 3.63) is 43.5 Å². The van der Waals surface area contributed by atoms with E-state index in [1.165, 1.54) is 0 Å². The maximum absolute atomic E-state index is 12.0. The largest absolute Gasteiger partial charge is 0.463 e. The fourth-order valence-corrected chi connectivity index (χ4v) is 2.42. The van der Waals surface area contributed by atoms with Crippen molar-refractivity contribution in [2.75, 3.05) is 6.61 Å². The number of aromatic amines is 1. The standard InChI is InChI=1S/C13H15N5O7/c1-7(19)23-6-13(16-17-14)5-9(24-8(2)20)11(25-13)18-4-3-10(21)15-12(18)22/h3-4,9,11H,5-6H2,1-2H3,(H,15,21,22)/t9-,11-,13+/m1/s1. The lowest BCUT2D eigenvalue weighted by Gasteiger charge is -2.23. The molecule has 2 rings (SSSR count). The van der Waals surface area contributed by atoms with Crippen molar-refractivity contribution in [2.24, 2.45) is 5.11 Å². The second kappa shape index (κ2) is 7.20. The van der Waals surface area contributed by atoms with Crippen LogP contribution < -0.4 is 11.2 Å². The monoisotopic (exact) mass is 353 g/mol. The summed E-state index contributed by atoms with van der Waals surface area (Å²) in [5.41, 5.74) is 5.69. The van der Waals surface area contributed by atoms with E-state index >= 15 is 0 Å².